The summed E-state index contributed by atoms with van der Waals surface area (Å²) in [4.78, 5) is 15.9. The molecule has 2 rings (SSSR count). The molecule has 2 N–H and O–H groups in total. The van der Waals surface area contributed by atoms with E-state index in [4.69, 9.17) is 5.73 Å². The first-order valence-corrected chi connectivity index (χ1v) is 5.59. The largest absolute Gasteiger partial charge is 0.368 e. The molecular formula is C13H12N2OS. The molecule has 0 radical (unpaired) electrons. The molecule has 2 aromatic rings. The maximum absolute atomic E-state index is 11.7. The number of nitrogens with two attached hydrogens (primary N) is 1. The Kier molecular flexibility index (Phi) is 3.15. The average molecular weight is 244 g/mol. The second kappa shape index (κ2) is 4.59. The lowest BCUT2D eigenvalue weighted by Crippen LogP contribution is -2.38. The number of nitrogens with zero attached hydrogens (tertiary/aromatic N) is 1. The van der Waals surface area contributed by atoms with Crippen molar-refractivity contribution in [3.05, 3.63) is 66.0 Å². The minimum atomic E-state index is -1.19. The van der Waals surface area contributed by atoms with E-state index in [9.17, 15) is 4.79 Å². The summed E-state index contributed by atoms with van der Waals surface area (Å²) in [6, 6.07) is 14.5. The van der Waals surface area contributed by atoms with E-state index in [0.29, 0.717) is 5.69 Å². The van der Waals surface area contributed by atoms with Crippen molar-refractivity contribution in [2.45, 2.75) is 4.75 Å². The van der Waals surface area contributed by atoms with Crippen LogP contribution in [0.3, 0.4) is 0 Å². The number of benzene rings is 1. The lowest BCUT2D eigenvalue weighted by Gasteiger charge is -2.24. The first-order valence-electron chi connectivity index (χ1n) is 5.15. The summed E-state index contributed by atoms with van der Waals surface area (Å²) in [6.07, 6.45) is 1.62. The molecule has 0 bridgehead atoms. The molecule has 1 unspecified atom stereocenters. The van der Waals surface area contributed by atoms with Gasteiger partial charge < -0.3 is 5.73 Å². The zero-order chi connectivity index (χ0) is 12.3. The third-order valence-corrected chi connectivity index (χ3v) is 3.29. The Morgan fingerprint density at radius 1 is 1.12 bits per heavy atom. The van der Waals surface area contributed by atoms with Crippen LogP contribution in [0.5, 0.6) is 0 Å². The van der Waals surface area contributed by atoms with E-state index in [2.05, 4.69) is 17.6 Å². The molecule has 1 aromatic heterocycles. The lowest BCUT2D eigenvalue weighted by atomic mass is 9.93. The molecule has 0 fully saturated rings. The van der Waals surface area contributed by atoms with Gasteiger partial charge in [0, 0.05) is 6.20 Å². The van der Waals surface area contributed by atoms with Crippen LogP contribution < -0.4 is 5.73 Å². The first-order chi connectivity index (χ1) is 8.15. The molecule has 0 aliphatic heterocycles. The molecule has 4 heteroatoms. The van der Waals surface area contributed by atoms with Crippen LogP contribution >= 0.6 is 12.6 Å². The van der Waals surface area contributed by atoms with Crippen molar-refractivity contribution >= 4 is 18.5 Å². The number of thiol groups is 1. The summed E-state index contributed by atoms with van der Waals surface area (Å²) in [5.74, 6) is -0.536. The van der Waals surface area contributed by atoms with Gasteiger partial charge >= 0.3 is 0 Å². The topological polar surface area (TPSA) is 56.0 Å². The Hall–Kier alpha value is -1.81. The first kappa shape index (κ1) is 11.7. The SMILES string of the molecule is NC(=O)C(S)(c1ccccc1)c1ccccn1. The summed E-state index contributed by atoms with van der Waals surface area (Å²) in [5.41, 5.74) is 6.73. The Bertz CT molecular complexity index is 474. The Labute approximate surface area is 105 Å². The van der Waals surface area contributed by atoms with Crippen LogP contribution in [0.4, 0.5) is 0 Å². The van der Waals surface area contributed by atoms with E-state index >= 15 is 0 Å². The lowest BCUT2D eigenvalue weighted by molar-refractivity contribution is -0.119. The van der Waals surface area contributed by atoms with Crippen molar-refractivity contribution in [2.24, 2.45) is 5.73 Å². The average Bonchev–Trinajstić information content (AvgIpc) is 2.39. The van der Waals surface area contributed by atoms with E-state index in [-0.39, 0.29) is 0 Å². The third kappa shape index (κ3) is 2.03. The van der Waals surface area contributed by atoms with Crippen molar-refractivity contribution in [2.75, 3.05) is 0 Å². The van der Waals surface area contributed by atoms with Crippen LogP contribution in [0, 0.1) is 0 Å². The number of rotatable bonds is 3. The normalized spacial score (nSPS) is 13.9. The van der Waals surface area contributed by atoms with Crippen LogP contribution in [0.2, 0.25) is 0 Å². The maximum Gasteiger partial charge on any atom is 0.244 e. The van der Waals surface area contributed by atoms with E-state index < -0.39 is 10.7 Å². The van der Waals surface area contributed by atoms with Crippen molar-refractivity contribution in [1.82, 2.24) is 4.98 Å². The molecule has 0 aliphatic rings. The van der Waals surface area contributed by atoms with Crippen molar-refractivity contribution in [3.63, 3.8) is 0 Å². The molecule has 1 amide bonds. The molecule has 17 heavy (non-hydrogen) atoms. The number of pyridine rings is 1. The van der Waals surface area contributed by atoms with Crippen molar-refractivity contribution < 1.29 is 4.79 Å². The number of hydrogen-bond acceptors (Lipinski definition) is 3. The van der Waals surface area contributed by atoms with Gasteiger partial charge in [0.2, 0.25) is 5.91 Å². The van der Waals surface area contributed by atoms with Gasteiger partial charge in [-0.2, -0.15) is 12.6 Å². The highest BCUT2D eigenvalue weighted by atomic mass is 32.1. The molecular weight excluding hydrogens is 232 g/mol. The number of carbonyl (C=O) groups excluding carboxylic acids is 1. The fraction of sp³-hybridized carbons (Fsp3) is 0.0769. The standard InChI is InChI=1S/C13H12N2OS/c14-12(16)13(17,10-6-2-1-3-7-10)11-8-4-5-9-15-11/h1-9,17H,(H2,14,16). The second-order valence-corrected chi connectivity index (χ2v) is 4.33. The smallest absolute Gasteiger partial charge is 0.244 e. The Balaban J connectivity index is 2.59. The maximum atomic E-state index is 11.7. The third-order valence-electron chi connectivity index (χ3n) is 2.58. The summed E-state index contributed by atoms with van der Waals surface area (Å²) in [5, 5.41) is 0. The summed E-state index contributed by atoms with van der Waals surface area (Å²) >= 11 is 4.46. The molecule has 3 nitrogen and oxygen atoms in total. The Morgan fingerprint density at radius 3 is 2.29 bits per heavy atom. The van der Waals surface area contributed by atoms with Gasteiger partial charge in [0.15, 0.2) is 4.75 Å². The van der Waals surface area contributed by atoms with Gasteiger partial charge in [0.1, 0.15) is 0 Å². The van der Waals surface area contributed by atoms with Crippen LogP contribution in [-0.2, 0) is 9.54 Å². The van der Waals surface area contributed by atoms with Gasteiger partial charge in [-0.25, -0.2) is 0 Å². The van der Waals surface area contributed by atoms with Gasteiger partial charge in [-0.3, -0.25) is 9.78 Å². The van der Waals surface area contributed by atoms with Gasteiger partial charge in [-0.05, 0) is 17.7 Å². The number of hydrogen-bond donors (Lipinski definition) is 2. The molecule has 0 saturated heterocycles. The summed E-state index contributed by atoms with van der Waals surface area (Å²) in [6.45, 7) is 0. The van der Waals surface area contributed by atoms with Gasteiger partial charge in [0.25, 0.3) is 0 Å². The monoisotopic (exact) mass is 244 g/mol. The number of aromatic nitrogens is 1. The number of amides is 1. The zero-order valence-electron chi connectivity index (χ0n) is 9.08. The molecule has 0 saturated carbocycles. The second-order valence-electron chi connectivity index (χ2n) is 3.66. The van der Waals surface area contributed by atoms with Crippen LogP contribution in [0.15, 0.2) is 54.7 Å². The van der Waals surface area contributed by atoms with E-state index in [1.807, 2.05) is 30.3 Å². The minimum absolute atomic E-state index is 0.530. The van der Waals surface area contributed by atoms with Crippen molar-refractivity contribution in [3.8, 4) is 0 Å². The molecule has 0 aliphatic carbocycles. The predicted molar refractivity (Wildman–Crippen MR) is 69.6 cm³/mol. The molecule has 86 valence electrons. The molecule has 0 spiro atoms. The highest BCUT2D eigenvalue weighted by Crippen LogP contribution is 2.34. The van der Waals surface area contributed by atoms with E-state index in [0.717, 1.165) is 5.56 Å². The van der Waals surface area contributed by atoms with Crippen molar-refractivity contribution in [1.29, 1.82) is 0 Å². The number of carbonyl (C=O) groups is 1. The Morgan fingerprint density at radius 2 is 1.76 bits per heavy atom. The van der Waals surface area contributed by atoms with Gasteiger partial charge in [-0.15, -0.1) is 0 Å². The minimum Gasteiger partial charge on any atom is -0.368 e. The molecule has 1 atom stereocenters. The quantitative estimate of drug-likeness (QED) is 0.808. The fourth-order valence-electron chi connectivity index (χ4n) is 1.67. The van der Waals surface area contributed by atoms with Crippen LogP contribution in [0.1, 0.15) is 11.3 Å². The summed E-state index contributed by atoms with van der Waals surface area (Å²) in [7, 11) is 0. The summed E-state index contributed by atoms with van der Waals surface area (Å²) < 4.78 is -1.19. The predicted octanol–water partition coefficient (Wildman–Crippen LogP) is 1.74. The van der Waals surface area contributed by atoms with Crippen LogP contribution in [-0.4, -0.2) is 10.9 Å². The molecule has 1 heterocycles. The number of primary amides is 1. The zero-order valence-corrected chi connectivity index (χ0v) is 9.97. The van der Waals surface area contributed by atoms with E-state index in [1.54, 1.807) is 24.4 Å². The fourth-order valence-corrected chi connectivity index (χ4v) is 1.95. The van der Waals surface area contributed by atoms with Gasteiger partial charge in [0.05, 0.1) is 5.69 Å². The van der Waals surface area contributed by atoms with Gasteiger partial charge in [-0.1, -0.05) is 36.4 Å². The van der Waals surface area contributed by atoms with E-state index in [1.165, 1.54) is 0 Å². The molecule has 1 aromatic carbocycles. The highest BCUT2D eigenvalue weighted by Gasteiger charge is 2.37. The highest BCUT2D eigenvalue weighted by molar-refractivity contribution is 7.82. The van der Waals surface area contributed by atoms with Crippen LogP contribution in [0.25, 0.3) is 0 Å².